The van der Waals surface area contributed by atoms with Crippen molar-refractivity contribution >= 4 is 0 Å². The van der Waals surface area contributed by atoms with E-state index in [1.54, 1.807) is 24.3 Å². The molecule has 0 aliphatic carbocycles. The molecule has 115 valence electrons. The third kappa shape index (κ3) is 2.16. The molecule has 0 bridgehead atoms. The summed E-state index contributed by atoms with van der Waals surface area (Å²) in [5, 5.41) is 33.2. The van der Waals surface area contributed by atoms with Gasteiger partial charge >= 0.3 is 0 Å². The number of hydrogen-bond acceptors (Lipinski definition) is 3. The summed E-state index contributed by atoms with van der Waals surface area (Å²) in [6, 6.07) is 13.7. The summed E-state index contributed by atoms with van der Waals surface area (Å²) in [5.74, 6) is 0.396. The van der Waals surface area contributed by atoms with Crippen molar-refractivity contribution in [2.24, 2.45) is 0 Å². The van der Waals surface area contributed by atoms with Gasteiger partial charge in [0.2, 0.25) is 0 Å². The number of rotatable bonds is 2. The third-order valence-corrected chi connectivity index (χ3v) is 4.97. The zero-order valence-corrected chi connectivity index (χ0v) is 12.8. The molecular weight excluding hydrogens is 278 g/mol. The number of phenolic OH excluding ortho intramolecular Hbond substituents is 2. The Balaban J connectivity index is 1.98. The van der Waals surface area contributed by atoms with Crippen LogP contribution < -0.4 is 0 Å². The summed E-state index contributed by atoms with van der Waals surface area (Å²) in [6.45, 7) is 3.89. The molecule has 2 atom stereocenters. The van der Waals surface area contributed by atoms with Gasteiger partial charge in [-0.25, -0.2) is 0 Å². The molecule has 1 heterocycles. The standard InChI is InChI=1S/C18H20NO3/c1-17(13-3-7-15(20)8-4-13)11-12-18(2,19(17)22)14-5-9-16(21)10-6-14/h3-10,20-21H,11-12H2,1-2H3. The summed E-state index contributed by atoms with van der Waals surface area (Å²) < 4.78 is 0. The number of hydrogen-bond donors (Lipinski definition) is 2. The quantitative estimate of drug-likeness (QED) is 0.889. The number of aromatic hydroxyl groups is 2. The molecule has 3 rings (SSSR count). The fourth-order valence-corrected chi connectivity index (χ4v) is 3.40. The predicted molar refractivity (Wildman–Crippen MR) is 82.7 cm³/mol. The van der Waals surface area contributed by atoms with Crippen LogP contribution in [0.1, 0.15) is 37.8 Å². The highest BCUT2D eigenvalue weighted by molar-refractivity contribution is 5.36. The Bertz CT molecular complexity index is 608. The first-order valence-corrected chi connectivity index (χ1v) is 7.43. The molecule has 4 nitrogen and oxygen atoms in total. The number of nitrogens with zero attached hydrogens (tertiary/aromatic N) is 1. The van der Waals surface area contributed by atoms with Crippen LogP contribution in [0.4, 0.5) is 0 Å². The zero-order valence-electron chi connectivity index (χ0n) is 12.8. The van der Waals surface area contributed by atoms with Gasteiger partial charge < -0.3 is 10.2 Å². The lowest BCUT2D eigenvalue weighted by molar-refractivity contribution is -0.260. The third-order valence-electron chi connectivity index (χ3n) is 4.97. The normalized spacial score (nSPS) is 28.9. The van der Waals surface area contributed by atoms with Crippen molar-refractivity contribution in [3.05, 3.63) is 59.7 Å². The van der Waals surface area contributed by atoms with Crippen LogP contribution in [0, 0.1) is 0 Å². The monoisotopic (exact) mass is 298 g/mol. The molecule has 0 saturated carbocycles. The average Bonchev–Trinajstić information content (AvgIpc) is 2.75. The van der Waals surface area contributed by atoms with Crippen molar-refractivity contribution in [3.8, 4) is 11.5 Å². The highest BCUT2D eigenvalue weighted by Crippen LogP contribution is 2.51. The SMILES string of the molecule is CC1(c2ccc(O)cc2)CCC(C)(c2ccc(O)cc2)N1[O]. The molecule has 0 spiro atoms. The lowest BCUT2D eigenvalue weighted by atomic mass is 9.89. The van der Waals surface area contributed by atoms with Crippen molar-refractivity contribution in [2.75, 3.05) is 0 Å². The van der Waals surface area contributed by atoms with Gasteiger partial charge in [-0.2, -0.15) is 0 Å². The molecule has 1 aliphatic rings. The van der Waals surface area contributed by atoms with Gasteiger partial charge in [-0.1, -0.05) is 24.3 Å². The van der Waals surface area contributed by atoms with Crippen molar-refractivity contribution in [2.45, 2.75) is 37.8 Å². The fourth-order valence-electron chi connectivity index (χ4n) is 3.40. The maximum atomic E-state index is 13.1. The van der Waals surface area contributed by atoms with Crippen LogP contribution in [0.15, 0.2) is 48.5 Å². The Morgan fingerprint density at radius 2 is 1.09 bits per heavy atom. The second-order valence-corrected chi connectivity index (χ2v) is 6.44. The maximum absolute atomic E-state index is 13.1. The van der Waals surface area contributed by atoms with Crippen LogP contribution in [0.5, 0.6) is 11.5 Å². The molecule has 1 saturated heterocycles. The van der Waals surface area contributed by atoms with E-state index in [4.69, 9.17) is 0 Å². The van der Waals surface area contributed by atoms with E-state index >= 15 is 0 Å². The Kier molecular flexibility index (Phi) is 3.38. The van der Waals surface area contributed by atoms with Gasteiger partial charge in [-0.15, -0.1) is 10.3 Å². The largest absolute Gasteiger partial charge is 0.508 e. The van der Waals surface area contributed by atoms with Crippen LogP contribution in [0.25, 0.3) is 0 Å². The molecule has 1 radical (unpaired) electrons. The van der Waals surface area contributed by atoms with Crippen molar-refractivity contribution < 1.29 is 15.4 Å². The van der Waals surface area contributed by atoms with E-state index in [1.165, 1.54) is 5.06 Å². The summed E-state index contributed by atoms with van der Waals surface area (Å²) in [7, 11) is 0. The van der Waals surface area contributed by atoms with Crippen LogP contribution in [0.3, 0.4) is 0 Å². The number of benzene rings is 2. The molecule has 4 heteroatoms. The van der Waals surface area contributed by atoms with E-state index in [-0.39, 0.29) is 11.5 Å². The van der Waals surface area contributed by atoms with E-state index in [2.05, 4.69) is 0 Å². The predicted octanol–water partition coefficient (Wildman–Crippen LogP) is 3.67. The molecule has 2 N–H and O–H groups in total. The Morgan fingerprint density at radius 3 is 1.41 bits per heavy atom. The minimum atomic E-state index is -0.625. The first-order chi connectivity index (χ1) is 10.4. The van der Waals surface area contributed by atoms with E-state index in [1.807, 2.05) is 38.1 Å². The topological polar surface area (TPSA) is 63.6 Å². The van der Waals surface area contributed by atoms with Crippen LogP contribution >= 0.6 is 0 Å². The van der Waals surface area contributed by atoms with Crippen LogP contribution in [0.2, 0.25) is 0 Å². The molecule has 1 aliphatic heterocycles. The summed E-state index contributed by atoms with van der Waals surface area (Å²) in [5.41, 5.74) is 0.561. The molecular formula is C18H20NO3. The Morgan fingerprint density at radius 1 is 0.773 bits per heavy atom. The molecule has 22 heavy (non-hydrogen) atoms. The van der Waals surface area contributed by atoms with Gasteiger partial charge in [0.05, 0.1) is 11.1 Å². The Hall–Kier alpha value is -2.04. The number of phenols is 2. The number of hydroxylamine groups is 2. The van der Waals surface area contributed by atoms with Gasteiger partial charge in [0, 0.05) is 0 Å². The lowest BCUT2D eigenvalue weighted by Gasteiger charge is -2.37. The van der Waals surface area contributed by atoms with E-state index < -0.39 is 11.1 Å². The van der Waals surface area contributed by atoms with Gasteiger partial charge in [-0.05, 0) is 62.1 Å². The smallest absolute Gasteiger partial charge is 0.115 e. The zero-order chi connectivity index (χ0) is 16.0. The average molecular weight is 298 g/mol. The fraction of sp³-hybridized carbons (Fsp3) is 0.333. The summed E-state index contributed by atoms with van der Waals surface area (Å²) in [6.07, 6.45) is 1.47. The summed E-state index contributed by atoms with van der Waals surface area (Å²) in [4.78, 5) is 0. The molecule has 0 amide bonds. The van der Waals surface area contributed by atoms with Gasteiger partial charge in [0.15, 0.2) is 0 Å². The second kappa shape index (κ2) is 5.00. The van der Waals surface area contributed by atoms with Crippen molar-refractivity contribution in [1.29, 1.82) is 0 Å². The van der Waals surface area contributed by atoms with E-state index in [0.29, 0.717) is 0 Å². The minimum Gasteiger partial charge on any atom is -0.508 e. The molecule has 2 unspecified atom stereocenters. The highest BCUT2D eigenvalue weighted by Gasteiger charge is 2.52. The van der Waals surface area contributed by atoms with Crippen LogP contribution in [-0.2, 0) is 16.3 Å². The van der Waals surface area contributed by atoms with E-state index in [0.717, 1.165) is 24.0 Å². The van der Waals surface area contributed by atoms with Gasteiger partial charge in [0.1, 0.15) is 11.5 Å². The molecule has 2 aromatic carbocycles. The summed E-state index contributed by atoms with van der Waals surface area (Å²) >= 11 is 0. The highest BCUT2D eigenvalue weighted by atomic mass is 16.5. The van der Waals surface area contributed by atoms with Gasteiger partial charge in [-0.3, -0.25) is 0 Å². The van der Waals surface area contributed by atoms with Crippen LogP contribution in [-0.4, -0.2) is 15.3 Å². The molecule has 1 fully saturated rings. The minimum absolute atomic E-state index is 0.198. The first kappa shape index (κ1) is 14.9. The van der Waals surface area contributed by atoms with Crippen molar-refractivity contribution in [3.63, 3.8) is 0 Å². The lowest BCUT2D eigenvalue weighted by Crippen LogP contribution is -2.44. The molecule has 0 aromatic heterocycles. The second-order valence-electron chi connectivity index (χ2n) is 6.44. The first-order valence-electron chi connectivity index (χ1n) is 7.43. The van der Waals surface area contributed by atoms with E-state index in [9.17, 15) is 15.4 Å². The Labute approximate surface area is 130 Å². The maximum Gasteiger partial charge on any atom is 0.115 e. The van der Waals surface area contributed by atoms with Gasteiger partial charge in [0.25, 0.3) is 0 Å². The molecule has 2 aromatic rings. The van der Waals surface area contributed by atoms with Crippen molar-refractivity contribution in [1.82, 2.24) is 5.06 Å².